The van der Waals surface area contributed by atoms with Crippen molar-refractivity contribution in [2.24, 2.45) is 17.8 Å². The Kier molecular flexibility index (Phi) is 6.81. The molecule has 2 unspecified atom stereocenters. The van der Waals surface area contributed by atoms with E-state index in [0.717, 1.165) is 6.42 Å². The van der Waals surface area contributed by atoms with Gasteiger partial charge in [0.25, 0.3) is 0 Å². The van der Waals surface area contributed by atoms with E-state index in [1.165, 1.54) is 6.21 Å². The number of hydrogen-bond donors (Lipinski definition) is 2. The number of nitrogens with one attached hydrogen (secondary N) is 2. The van der Waals surface area contributed by atoms with Crippen LogP contribution in [-0.4, -0.2) is 47.3 Å². The van der Waals surface area contributed by atoms with Gasteiger partial charge in [0.1, 0.15) is 11.6 Å². The molecular formula is C18H33N3O3. The maximum atomic E-state index is 13.1. The van der Waals surface area contributed by atoms with Gasteiger partial charge in [-0.25, -0.2) is 4.79 Å². The lowest BCUT2D eigenvalue weighted by Gasteiger charge is -2.31. The number of carbonyl (C=O) groups is 2. The first kappa shape index (κ1) is 20.5. The summed E-state index contributed by atoms with van der Waals surface area (Å²) >= 11 is 0. The molecule has 0 aromatic rings. The molecule has 1 heterocycles. The predicted molar refractivity (Wildman–Crippen MR) is 95.2 cm³/mol. The van der Waals surface area contributed by atoms with Gasteiger partial charge in [0.15, 0.2) is 0 Å². The molecule has 0 aromatic carbocycles. The molecule has 138 valence electrons. The van der Waals surface area contributed by atoms with E-state index in [4.69, 9.17) is 10.1 Å². The summed E-state index contributed by atoms with van der Waals surface area (Å²) in [5, 5.41) is 10.4. The zero-order chi connectivity index (χ0) is 18.7. The van der Waals surface area contributed by atoms with E-state index in [9.17, 15) is 9.59 Å². The van der Waals surface area contributed by atoms with Gasteiger partial charge in [0, 0.05) is 12.8 Å². The van der Waals surface area contributed by atoms with Crippen LogP contribution in [0.3, 0.4) is 0 Å². The average molecular weight is 339 g/mol. The standard InChI is InChI=1S/C18H33N3O3/c1-8-11(2)15(20-17(23)24-18(5,6)7)16(22)21-10-12(3)13(4)14(21)9-19/h9,11-15,19H,8,10H2,1-7H3,(H,20,23)/t11?,12-,13?,14-,15+/m1/s1. The van der Waals surface area contributed by atoms with Crippen molar-refractivity contribution in [3.05, 3.63) is 0 Å². The Hall–Kier alpha value is -1.59. The van der Waals surface area contributed by atoms with Crippen molar-refractivity contribution in [1.82, 2.24) is 10.2 Å². The molecule has 0 saturated carbocycles. The summed E-state index contributed by atoms with van der Waals surface area (Å²) in [4.78, 5) is 26.9. The summed E-state index contributed by atoms with van der Waals surface area (Å²) in [6.07, 6.45) is 1.53. The van der Waals surface area contributed by atoms with Crippen LogP contribution in [0.4, 0.5) is 4.79 Å². The molecule has 0 bridgehead atoms. The number of ether oxygens (including phenoxy) is 1. The van der Waals surface area contributed by atoms with E-state index in [1.54, 1.807) is 25.7 Å². The molecule has 0 aliphatic carbocycles. The molecule has 24 heavy (non-hydrogen) atoms. The SMILES string of the molecule is CCC(C)[C@H](NC(=O)OC(C)(C)C)C(=O)N1C[C@@H](C)C(C)[C@H]1C=N. The van der Waals surface area contributed by atoms with Crippen molar-refractivity contribution in [3.8, 4) is 0 Å². The summed E-state index contributed by atoms with van der Waals surface area (Å²) < 4.78 is 5.31. The summed E-state index contributed by atoms with van der Waals surface area (Å²) in [5.74, 6) is 0.438. The third-order valence-corrected chi connectivity index (χ3v) is 4.89. The molecule has 0 aromatic heterocycles. The van der Waals surface area contributed by atoms with Crippen LogP contribution in [0, 0.1) is 23.2 Å². The molecule has 2 N–H and O–H groups in total. The summed E-state index contributed by atoms with van der Waals surface area (Å²) in [6.45, 7) is 14.1. The number of amides is 2. The summed E-state index contributed by atoms with van der Waals surface area (Å²) in [6, 6.07) is -0.843. The molecule has 6 heteroatoms. The molecule has 6 nitrogen and oxygen atoms in total. The first-order valence-electron chi connectivity index (χ1n) is 8.82. The van der Waals surface area contributed by atoms with Gasteiger partial charge in [-0.1, -0.05) is 34.1 Å². The topological polar surface area (TPSA) is 82.5 Å². The Bertz CT molecular complexity index is 473. The Morgan fingerprint density at radius 2 is 1.96 bits per heavy atom. The second-order valence-electron chi connectivity index (χ2n) is 7.99. The molecule has 1 rings (SSSR count). The molecule has 2 amide bonds. The highest BCUT2D eigenvalue weighted by molar-refractivity contribution is 5.88. The van der Waals surface area contributed by atoms with Gasteiger partial charge >= 0.3 is 6.09 Å². The molecule has 5 atom stereocenters. The molecule has 1 aliphatic rings. The molecule has 1 saturated heterocycles. The summed E-state index contributed by atoms with van der Waals surface area (Å²) in [5.41, 5.74) is -0.610. The van der Waals surface area contributed by atoms with Gasteiger partial charge in [-0.2, -0.15) is 0 Å². The van der Waals surface area contributed by atoms with Crippen molar-refractivity contribution in [2.75, 3.05) is 6.54 Å². The third kappa shape index (κ3) is 4.95. The third-order valence-electron chi connectivity index (χ3n) is 4.89. The average Bonchev–Trinajstić information content (AvgIpc) is 2.76. The lowest BCUT2D eigenvalue weighted by Crippen LogP contribution is -2.54. The highest BCUT2D eigenvalue weighted by Crippen LogP contribution is 2.29. The van der Waals surface area contributed by atoms with Crippen molar-refractivity contribution in [1.29, 1.82) is 5.41 Å². The largest absolute Gasteiger partial charge is 0.444 e. The van der Waals surface area contributed by atoms with Crippen LogP contribution in [0.25, 0.3) is 0 Å². The molecular weight excluding hydrogens is 306 g/mol. The number of likely N-dealkylation sites (tertiary alicyclic amines) is 1. The Morgan fingerprint density at radius 1 is 1.38 bits per heavy atom. The smallest absolute Gasteiger partial charge is 0.408 e. The minimum absolute atomic E-state index is 0.0115. The van der Waals surface area contributed by atoms with E-state index in [2.05, 4.69) is 19.2 Å². The quantitative estimate of drug-likeness (QED) is 0.755. The van der Waals surface area contributed by atoms with Crippen molar-refractivity contribution >= 4 is 18.2 Å². The Labute approximate surface area is 145 Å². The van der Waals surface area contributed by atoms with Gasteiger partial charge in [0.2, 0.25) is 5.91 Å². The van der Waals surface area contributed by atoms with E-state index in [0.29, 0.717) is 12.5 Å². The van der Waals surface area contributed by atoms with Crippen molar-refractivity contribution in [2.45, 2.75) is 72.6 Å². The van der Waals surface area contributed by atoms with Crippen LogP contribution in [0.15, 0.2) is 0 Å². The number of rotatable bonds is 5. The van der Waals surface area contributed by atoms with Gasteiger partial charge in [-0.15, -0.1) is 0 Å². The normalized spacial score (nSPS) is 26.6. The molecule has 1 fully saturated rings. The fraction of sp³-hybridized carbons (Fsp3) is 0.833. The molecule has 1 aliphatic heterocycles. The lowest BCUT2D eigenvalue weighted by atomic mass is 9.94. The highest BCUT2D eigenvalue weighted by atomic mass is 16.6. The van der Waals surface area contributed by atoms with Crippen molar-refractivity contribution in [3.63, 3.8) is 0 Å². The second kappa shape index (κ2) is 7.99. The van der Waals surface area contributed by atoms with Crippen LogP contribution in [0.2, 0.25) is 0 Å². The number of nitrogens with zero attached hydrogens (tertiary/aromatic N) is 1. The van der Waals surface area contributed by atoms with Crippen LogP contribution in [-0.2, 0) is 9.53 Å². The lowest BCUT2D eigenvalue weighted by molar-refractivity contribution is -0.134. The van der Waals surface area contributed by atoms with Crippen LogP contribution in [0.5, 0.6) is 0 Å². The zero-order valence-corrected chi connectivity index (χ0v) is 16.1. The van der Waals surface area contributed by atoms with E-state index in [1.807, 2.05) is 13.8 Å². The van der Waals surface area contributed by atoms with E-state index in [-0.39, 0.29) is 23.8 Å². The maximum Gasteiger partial charge on any atom is 0.408 e. The van der Waals surface area contributed by atoms with Crippen molar-refractivity contribution < 1.29 is 14.3 Å². The predicted octanol–water partition coefficient (Wildman–Crippen LogP) is 3.06. The van der Waals surface area contributed by atoms with Crippen LogP contribution >= 0.6 is 0 Å². The fourth-order valence-corrected chi connectivity index (χ4v) is 2.99. The number of carbonyl (C=O) groups excluding carboxylic acids is 2. The van der Waals surface area contributed by atoms with Gasteiger partial charge in [-0.05, 0) is 38.5 Å². The number of alkyl carbamates (subject to hydrolysis) is 1. The highest BCUT2D eigenvalue weighted by Gasteiger charge is 2.42. The monoisotopic (exact) mass is 339 g/mol. The second-order valence-corrected chi connectivity index (χ2v) is 7.99. The number of hydrogen-bond acceptors (Lipinski definition) is 4. The van der Waals surface area contributed by atoms with Gasteiger partial charge in [-0.3, -0.25) is 4.79 Å². The molecule has 0 radical (unpaired) electrons. The maximum absolute atomic E-state index is 13.1. The minimum atomic E-state index is -0.634. The summed E-state index contributed by atoms with van der Waals surface area (Å²) in [7, 11) is 0. The van der Waals surface area contributed by atoms with Crippen LogP contribution < -0.4 is 5.32 Å². The fourth-order valence-electron chi connectivity index (χ4n) is 2.99. The van der Waals surface area contributed by atoms with E-state index < -0.39 is 17.7 Å². The zero-order valence-electron chi connectivity index (χ0n) is 16.1. The minimum Gasteiger partial charge on any atom is -0.444 e. The Balaban J connectivity index is 2.94. The first-order chi connectivity index (χ1) is 11.0. The first-order valence-corrected chi connectivity index (χ1v) is 8.82. The van der Waals surface area contributed by atoms with Crippen LogP contribution in [0.1, 0.15) is 54.9 Å². The Morgan fingerprint density at radius 3 is 2.42 bits per heavy atom. The van der Waals surface area contributed by atoms with Gasteiger partial charge in [0.05, 0.1) is 6.04 Å². The van der Waals surface area contributed by atoms with Gasteiger partial charge < -0.3 is 20.4 Å². The van der Waals surface area contributed by atoms with E-state index >= 15 is 0 Å². The molecule has 0 spiro atoms.